The van der Waals surface area contributed by atoms with Crippen LogP contribution < -0.4 is 0 Å². The Labute approximate surface area is 207 Å². The summed E-state index contributed by atoms with van der Waals surface area (Å²) in [5.41, 5.74) is 6.24. The first-order chi connectivity index (χ1) is 17.2. The number of benzene rings is 1. The molecule has 1 aliphatic carbocycles. The number of amides is 1. The predicted octanol–water partition coefficient (Wildman–Crippen LogP) is 5.07. The molecule has 36 heavy (non-hydrogen) atoms. The van der Waals surface area contributed by atoms with Crippen LogP contribution >= 0.6 is 0 Å². The first kappa shape index (κ1) is 22.8. The molecule has 0 unspecified atom stereocenters. The maximum Gasteiger partial charge on any atom is 0.249 e. The van der Waals surface area contributed by atoms with E-state index in [1.165, 1.54) is 0 Å². The summed E-state index contributed by atoms with van der Waals surface area (Å²) in [6.45, 7) is 5.44. The number of hydrogen-bond acceptors (Lipinski definition) is 4. The Morgan fingerprint density at radius 1 is 1.17 bits per heavy atom. The van der Waals surface area contributed by atoms with Gasteiger partial charge in [0.25, 0.3) is 0 Å². The number of imidazole rings is 1. The first-order valence-electron chi connectivity index (χ1n) is 12.4. The second-order valence-corrected chi connectivity index (χ2v) is 9.98. The van der Waals surface area contributed by atoms with Crippen LogP contribution in [-0.2, 0) is 24.9 Å². The van der Waals surface area contributed by atoms with Crippen molar-refractivity contribution in [2.75, 3.05) is 6.54 Å². The second-order valence-electron chi connectivity index (χ2n) is 9.98. The quantitative estimate of drug-likeness (QED) is 0.401. The molecule has 0 radical (unpaired) electrons. The van der Waals surface area contributed by atoms with Crippen molar-refractivity contribution < 1.29 is 13.6 Å². The summed E-state index contributed by atoms with van der Waals surface area (Å²) in [5, 5.41) is 5.23. The van der Waals surface area contributed by atoms with E-state index < -0.39 is 5.92 Å². The van der Waals surface area contributed by atoms with Gasteiger partial charge in [-0.1, -0.05) is 19.1 Å². The number of halogens is 2. The molecule has 1 amide bonds. The van der Waals surface area contributed by atoms with E-state index in [1.807, 2.05) is 50.2 Å². The number of nitrogens with zero attached hydrogens (tertiary/aromatic N) is 6. The number of aryl methyl sites for hydroxylation is 2. The van der Waals surface area contributed by atoms with Crippen molar-refractivity contribution in [2.24, 2.45) is 7.05 Å². The molecule has 4 heterocycles. The van der Waals surface area contributed by atoms with Crippen molar-refractivity contribution in [3.05, 3.63) is 53.7 Å². The lowest BCUT2D eigenvalue weighted by atomic mass is 9.80. The van der Waals surface area contributed by atoms with Crippen molar-refractivity contribution >= 4 is 16.8 Å². The third kappa shape index (κ3) is 3.68. The molecule has 0 spiro atoms. The van der Waals surface area contributed by atoms with Crippen LogP contribution in [0.1, 0.15) is 49.2 Å². The van der Waals surface area contributed by atoms with Crippen LogP contribution in [0.25, 0.3) is 33.4 Å². The molecule has 7 nitrogen and oxygen atoms in total. The highest BCUT2D eigenvalue weighted by atomic mass is 19.3. The van der Waals surface area contributed by atoms with Crippen molar-refractivity contribution in [3.63, 3.8) is 0 Å². The Balaban J connectivity index is 1.50. The van der Waals surface area contributed by atoms with Crippen molar-refractivity contribution in [3.8, 4) is 22.5 Å². The Morgan fingerprint density at radius 3 is 2.67 bits per heavy atom. The normalized spacial score (nSPS) is 17.3. The maximum absolute atomic E-state index is 13.8. The lowest BCUT2D eigenvalue weighted by molar-refractivity contribution is -0.132. The summed E-state index contributed by atoms with van der Waals surface area (Å²) in [6, 6.07) is 8.05. The molecule has 1 fully saturated rings. The third-order valence-corrected chi connectivity index (χ3v) is 7.43. The van der Waals surface area contributed by atoms with Crippen molar-refractivity contribution in [2.45, 2.75) is 58.0 Å². The van der Waals surface area contributed by atoms with Gasteiger partial charge in [0, 0.05) is 68.0 Å². The molecule has 3 aromatic heterocycles. The number of pyridine rings is 1. The largest absolute Gasteiger partial charge is 0.335 e. The summed E-state index contributed by atoms with van der Waals surface area (Å²) >= 11 is 0. The van der Waals surface area contributed by atoms with Crippen LogP contribution in [0.4, 0.5) is 8.78 Å². The van der Waals surface area contributed by atoms with Crippen LogP contribution in [0, 0.1) is 6.92 Å². The fraction of sp³-hybridized carbons (Fsp3) is 0.407. The van der Waals surface area contributed by atoms with Gasteiger partial charge in [-0.15, -0.1) is 0 Å². The smallest absolute Gasteiger partial charge is 0.249 e. The Kier molecular flexibility index (Phi) is 5.21. The summed E-state index contributed by atoms with van der Waals surface area (Å²) in [5.74, 6) is -2.10. The van der Waals surface area contributed by atoms with E-state index in [0.717, 1.165) is 44.7 Å². The van der Waals surface area contributed by atoms with E-state index in [2.05, 4.69) is 15.7 Å². The van der Waals surface area contributed by atoms with E-state index in [9.17, 15) is 13.6 Å². The minimum Gasteiger partial charge on any atom is -0.335 e. The van der Waals surface area contributed by atoms with Crippen LogP contribution in [0.5, 0.6) is 0 Å². The first-order valence-corrected chi connectivity index (χ1v) is 12.4. The zero-order valence-corrected chi connectivity index (χ0v) is 20.6. The number of fused-ring (bicyclic) bond motifs is 2. The molecule has 0 bridgehead atoms. The zero-order chi connectivity index (χ0) is 25.2. The highest BCUT2D eigenvalue weighted by Crippen LogP contribution is 2.49. The number of aromatic nitrogens is 5. The second kappa shape index (κ2) is 8.21. The number of hydrogen-bond donors (Lipinski definition) is 0. The van der Waals surface area contributed by atoms with Gasteiger partial charge in [0.15, 0.2) is 0 Å². The molecule has 186 valence electrons. The SMILES string of the molecule is CCC(=O)N1CCn2c(C3CC(F)(F)C3)nc(-c3cccc4nc(-c5cnn(C)c5)c(C)cc34)c2C1. The summed E-state index contributed by atoms with van der Waals surface area (Å²) in [4.78, 5) is 24.3. The standard InChI is InChI=1S/C27H28F2N6O/c1-4-23(36)34-8-9-35-22(15-34)25(32-26(35)17-11-27(28,29)12-17)19-6-5-7-21-20(19)10-16(2)24(31-21)18-13-30-33(3)14-18/h5-7,10,13-14,17H,4,8-9,11-12,15H2,1-3H3. The van der Waals surface area contributed by atoms with E-state index in [1.54, 1.807) is 10.9 Å². The summed E-state index contributed by atoms with van der Waals surface area (Å²) < 4.78 is 31.4. The number of carbonyl (C=O) groups excluding carboxylic acids is 1. The van der Waals surface area contributed by atoms with Gasteiger partial charge in [0.05, 0.1) is 35.3 Å². The molecule has 0 atom stereocenters. The Morgan fingerprint density at radius 2 is 1.97 bits per heavy atom. The minimum atomic E-state index is -2.63. The van der Waals surface area contributed by atoms with Crippen molar-refractivity contribution in [1.29, 1.82) is 0 Å². The van der Waals surface area contributed by atoms with Gasteiger partial charge in [-0.05, 0) is 24.6 Å². The fourth-order valence-corrected chi connectivity index (χ4v) is 5.54. The van der Waals surface area contributed by atoms with E-state index >= 15 is 0 Å². The van der Waals surface area contributed by atoms with E-state index in [4.69, 9.17) is 9.97 Å². The van der Waals surface area contributed by atoms with Gasteiger partial charge in [0.1, 0.15) is 5.82 Å². The van der Waals surface area contributed by atoms with Gasteiger partial charge in [-0.3, -0.25) is 9.48 Å². The van der Waals surface area contributed by atoms with Crippen molar-refractivity contribution in [1.82, 2.24) is 29.2 Å². The van der Waals surface area contributed by atoms with Gasteiger partial charge in [-0.2, -0.15) is 5.10 Å². The molecular formula is C27H28F2N6O. The Hall–Kier alpha value is -3.62. The molecule has 6 rings (SSSR count). The monoisotopic (exact) mass is 490 g/mol. The molecule has 0 saturated heterocycles. The average Bonchev–Trinajstić information content (AvgIpc) is 3.44. The van der Waals surface area contributed by atoms with Crippen LogP contribution in [0.2, 0.25) is 0 Å². The zero-order valence-electron chi connectivity index (χ0n) is 20.6. The highest BCUT2D eigenvalue weighted by molar-refractivity contribution is 5.96. The van der Waals surface area contributed by atoms with Crippen LogP contribution in [0.3, 0.4) is 0 Å². The van der Waals surface area contributed by atoms with Gasteiger partial charge in [0.2, 0.25) is 11.8 Å². The molecule has 1 aromatic carbocycles. The molecule has 0 N–H and O–H groups in total. The Bertz CT molecular complexity index is 1500. The topological polar surface area (TPSA) is 68.8 Å². The minimum absolute atomic E-state index is 0.0849. The average molecular weight is 491 g/mol. The highest BCUT2D eigenvalue weighted by Gasteiger charge is 2.48. The van der Waals surface area contributed by atoms with E-state index in [-0.39, 0.29) is 24.7 Å². The summed E-state index contributed by atoms with van der Waals surface area (Å²) in [7, 11) is 1.88. The van der Waals surface area contributed by atoms with Crippen LogP contribution in [-0.4, -0.2) is 47.6 Å². The maximum atomic E-state index is 13.8. The lowest BCUT2D eigenvalue weighted by Crippen LogP contribution is -2.40. The molecule has 1 saturated carbocycles. The van der Waals surface area contributed by atoms with E-state index in [0.29, 0.717) is 31.9 Å². The number of carbonyl (C=O) groups is 1. The van der Waals surface area contributed by atoms with Gasteiger partial charge < -0.3 is 9.47 Å². The van der Waals surface area contributed by atoms with Crippen LogP contribution in [0.15, 0.2) is 36.7 Å². The molecular weight excluding hydrogens is 462 g/mol. The third-order valence-electron chi connectivity index (χ3n) is 7.43. The number of alkyl halides is 2. The molecule has 2 aliphatic rings. The predicted molar refractivity (Wildman–Crippen MR) is 133 cm³/mol. The molecule has 4 aromatic rings. The molecule has 1 aliphatic heterocycles. The fourth-order valence-electron chi connectivity index (χ4n) is 5.54. The number of rotatable bonds is 4. The van der Waals surface area contributed by atoms with Gasteiger partial charge in [-0.25, -0.2) is 18.7 Å². The molecule has 9 heteroatoms. The summed E-state index contributed by atoms with van der Waals surface area (Å²) in [6.07, 6.45) is 3.82. The lowest BCUT2D eigenvalue weighted by Gasteiger charge is -2.36. The van der Waals surface area contributed by atoms with Gasteiger partial charge >= 0.3 is 0 Å².